The highest BCUT2D eigenvalue weighted by Crippen LogP contribution is 2.25. The molecule has 0 heterocycles. The van der Waals surface area contributed by atoms with Crippen LogP contribution in [0.25, 0.3) is 6.08 Å². The summed E-state index contributed by atoms with van der Waals surface area (Å²) in [5.74, 6) is 1.65. The Morgan fingerprint density at radius 2 is 1.60 bits per heavy atom. The molecule has 0 saturated carbocycles. The van der Waals surface area contributed by atoms with Gasteiger partial charge in [0, 0.05) is 37.1 Å². The molecule has 2 rings (SSSR count). The first-order valence-electron chi connectivity index (χ1n) is 7.58. The minimum absolute atomic E-state index is 0.196. The fourth-order valence-corrected chi connectivity index (χ4v) is 2.04. The van der Waals surface area contributed by atoms with Gasteiger partial charge in [-0.05, 0) is 23.8 Å². The van der Waals surface area contributed by atoms with Gasteiger partial charge in [-0.3, -0.25) is 4.79 Å². The topological polar surface area (TPSA) is 66.0 Å². The van der Waals surface area contributed by atoms with Crippen LogP contribution in [0.15, 0.2) is 48.5 Å². The molecule has 0 radical (unpaired) electrons. The van der Waals surface area contributed by atoms with Crippen LogP contribution in [0, 0.1) is 0 Å². The van der Waals surface area contributed by atoms with Crippen molar-refractivity contribution in [2.24, 2.45) is 0 Å². The summed E-state index contributed by atoms with van der Waals surface area (Å²) in [5, 5.41) is 2.77. The molecule has 0 aliphatic heterocycles. The lowest BCUT2D eigenvalue weighted by Gasteiger charge is -2.08. The highest BCUT2D eigenvalue weighted by atomic mass is 16.7. The van der Waals surface area contributed by atoms with Crippen molar-refractivity contribution in [3.8, 4) is 17.2 Å². The largest absolute Gasteiger partial charge is 0.497 e. The maximum Gasteiger partial charge on any atom is 0.248 e. The molecule has 0 spiro atoms. The van der Waals surface area contributed by atoms with Crippen molar-refractivity contribution >= 4 is 17.7 Å². The second-order valence-electron chi connectivity index (χ2n) is 5.04. The molecule has 0 aliphatic rings. The van der Waals surface area contributed by atoms with Crippen molar-refractivity contribution in [2.75, 3.05) is 33.4 Å². The van der Waals surface area contributed by atoms with Crippen LogP contribution in [-0.4, -0.2) is 34.0 Å². The third-order valence-corrected chi connectivity index (χ3v) is 3.27. The van der Waals surface area contributed by atoms with Gasteiger partial charge in [0.2, 0.25) is 5.91 Å². The summed E-state index contributed by atoms with van der Waals surface area (Å²) in [7, 11) is 4.67. The smallest absolute Gasteiger partial charge is 0.248 e. The van der Waals surface area contributed by atoms with E-state index in [9.17, 15) is 4.79 Å². The fourth-order valence-electron chi connectivity index (χ4n) is 2.04. The zero-order chi connectivity index (χ0) is 18.1. The molecule has 0 bridgehead atoms. The summed E-state index contributed by atoms with van der Waals surface area (Å²) in [6, 6.07) is 12.5. The van der Waals surface area contributed by atoms with Gasteiger partial charge in [0.05, 0.1) is 14.2 Å². The predicted molar refractivity (Wildman–Crippen MR) is 96.2 cm³/mol. The van der Waals surface area contributed by atoms with E-state index in [1.807, 2.05) is 24.3 Å². The van der Waals surface area contributed by atoms with Gasteiger partial charge in [0.1, 0.15) is 17.2 Å². The Labute approximate surface area is 147 Å². The number of nitrogens with one attached hydrogen (secondary N) is 1. The predicted octanol–water partition coefficient (Wildman–Crippen LogP) is 3.34. The van der Waals surface area contributed by atoms with E-state index in [2.05, 4.69) is 5.32 Å². The summed E-state index contributed by atoms with van der Waals surface area (Å²) in [5.41, 5.74) is 1.47. The van der Waals surface area contributed by atoms with Crippen molar-refractivity contribution in [1.82, 2.24) is 0 Å². The Hall–Kier alpha value is -2.99. The number of anilines is 1. The highest BCUT2D eigenvalue weighted by molar-refractivity contribution is 6.02. The number of ether oxygens (including phenoxy) is 4. The average molecular weight is 343 g/mol. The van der Waals surface area contributed by atoms with Gasteiger partial charge >= 0.3 is 0 Å². The Morgan fingerprint density at radius 3 is 2.16 bits per heavy atom. The Morgan fingerprint density at radius 1 is 0.960 bits per heavy atom. The summed E-state index contributed by atoms with van der Waals surface area (Å²) >= 11 is 0. The van der Waals surface area contributed by atoms with E-state index in [1.165, 1.54) is 6.08 Å². The van der Waals surface area contributed by atoms with Gasteiger partial charge in [-0.2, -0.15) is 0 Å². The van der Waals surface area contributed by atoms with Gasteiger partial charge in [0.25, 0.3) is 0 Å². The minimum Gasteiger partial charge on any atom is -0.497 e. The molecule has 1 N–H and O–H groups in total. The molecule has 6 nitrogen and oxygen atoms in total. The molecule has 0 aliphatic carbocycles. The van der Waals surface area contributed by atoms with E-state index in [4.69, 9.17) is 18.9 Å². The zero-order valence-electron chi connectivity index (χ0n) is 14.4. The van der Waals surface area contributed by atoms with E-state index < -0.39 is 0 Å². The molecular weight excluding hydrogens is 322 g/mol. The van der Waals surface area contributed by atoms with Crippen LogP contribution in [0.4, 0.5) is 5.69 Å². The van der Waals surface area contributed by atoms with E-state index in [-0.39, 0.29) is 12.7 Å². The van der Waals surface area contributed by atoms with Crippen LogP contribution in [0.1, 0.15) is 5.56 Å². The molecule has 2 aromatic carbocycles. The van der Waals surface area contributed by atoms with Gasteiger partial charge in [-0.25, -0.2) is 0 Å². The number of benzene rings is 2. The summed E-state index contributed by atoms with van der Waals surface area (Å²) in [4.78, 5) is 12.1. The molecule has 25 heavy (non-hydrogen) atoms. The Bertz CT molecular complexity index is 703. The van der Waals surface area contributed by atoms with Crippen LogP contribution in [0.2, 0.25) is 0 Å². The molecule has 0 unspecified atom stereocenters. The van der Waals surface area contributed by atoms with Gasteiger partial charge in [0.15, 0.2) is 6.79 Å². The SMILES string of the molecule is COCOc1ccc(/C=C/C(=O)Nc2cc(OC)cc(OC)c2)cc1. The van der Waals surface area contributed by atoms with Gasteiger partial charge in [-0.15, -0.1) is 0 Å². The number of rotatable bonds is 8. The van der Waals surface area contributed by atoms with Crippen LogP contribution in [0.5, 0.6) is 17.2 Å². The monoisotopic (exact) mass is 343 g/mol. The average Bonchev–Trinajstić information content (AvgIpc) is 2.65. The van der Waals surface area contributed by atoms with Crippen molar-refractivity contribution in [2.45, 2.75) is 0 Å². The Kier molecular flexibility index (Phi) is 6.86. The second-order valence-corrected chi connectivity index (χ2v) is 5.04. The summed E-state index contributed by atoms with van der Waals surface area (Å²) in [6.45, 7) is 0.196. The summed E-state index contributed by atoms with van der Waals surface area (Å²) in [6.07, 6.45) is 3.17. The van der Waals surface area contributed by atoms with Crippen molar-refractivity contribution in [3.63, 3.8) is 0 Å². The first kappa shape index (κ1) is 18.4. The van der Waals surface area contributed by atoms with E-state index >= 15 is 0 Å². The quantitative estimate of drug-likeness (QED) is 0.588. The summed E-state index contributed by atoms with van der Waals surface area (Å²) < 4.78 is 20.5. The number of amides is 1. The fraction of sp³-hybridized carbons (Fsp3) is 0.211. The molecular formula is C19H21NO5. The first-order chi connectivity index (χ1) is 12.1. The molecule has 1 amide bonds. The number of carbonyl (C=O) groups is 1. The Balaban J connectivity index is 1.98. The molecule has 2 aromatic rings. The van der Waals surface area contributed by atoms with Crippen molar-refractivity contribution in [1.29, 1.82) is 0 Å². The lowest BCUT2D eigenvalue weighted by molar-refractivity contribution is -0.111. The van der Waals surface area contributed by atoms with Crippen LogP contribution >= 0.6 is 0 Å². The molecule has 0 atom stereocenters. The lowest BCUT2D eigenvalue weighted by atomic mass is 10.2. The number of hydrogen-bond donors (Lipinski definition) is 1. The van der Waals surface area contributed by atoms with E-state index in [1.54, 1.807) is 45.6 Å². The normalized spacial score (nSPS) is 10.5. The van der Waals surface area contributed by atoms with E-state index in [0.29, 0.717) is 22.9 Å². The molecule has 6 heteroatoms. The highest BCUT2D eigenvalue weighted by Gasteiger charge is 2.04. The number of methoxy groups -OCH3 is 3. The molecule has 132 valence electrons. The lowest BCUT2D eigenvalue weighted by Crippen LogP contribution is -2.08. The van der Waals surface area contributed by atoms with Crippen molar-refractivity contribution in [3.05, 3.63) is 54.1 Å². The third-order valence-electron chi connectivity index (χ3n) is 3.27. The second kappa shape index (κ2) is 9.34. The first-order valence-corrected chi connectivity index (χ1v) is 7.58. The molecule has 0 aromatic heterocycles. The number of carbonyl (C=O) groups excluding carboxylic acids is 1. The zero-order valence-corrected chi connectivity index (χ0v) is 14.4. The maximum absolute atomic E-state index is 12.1. The standard InChI is InChI=1S/C19H21NO5/c1-22-13-25-16-7-4-14(5-8-16)6-9-19(21)20-15-10-17(23-2)12-18(11-15)24-3/h4-12H,13H2,1-3H3,(H,20,21)/b9-6+. The van der Waals surface area contributed by atoms with Crippen LogP contribution in [-0.2, 0) is 9.53 Å². The van der Waals surface area contributed by atoms with Gasteiger partial charge < -0.3 is 24.3 Å². The molecule has 0 saturated heterocycles. The van der Waals surface area contributed by atoms with Gasteiger partial charge in [-0.1, -0.05) is 12.1 Å². The maximum atomic E-state index is 12.1. The third kappa shape index (κ3) is 5.86. The van der Waals surface area contributed by atoms with Crippen LogP contribution < -0.4 is 19.5 Å². The van der Waals surface area contributed by atoms with E-state index in [0.717, 1.165) is 5.56 Å². The van der Waals surface area contributed by atoms with Crippen molar-refractivity contribution < 1.29 is 23.7 Å². The molecule has 0 fully saturated rings. The minimum atomic E-state index is -0.255. The number of hydrogen-bond acceptors (Lipinski definition) is 5. The van der Waals surface area contributed by atoms with Crippen LogP contribution in [0.3, 0.4) is 0 Å².